The largest absolute Gasteiger partial charge is 0.555 e. The van der Waals surface area contributed by atoms with Crippen LogP contribution in [0.5, 0.6) is 0 Å². The Morgan fingerprint density at radius 3 is 1.00 bits per heavy atom. The van der Waals surface area contributed by atoms with Gasteiger partial charge >= 0.3 is 0 Å². The summed E-state index contributed by atoms with van der Waals surface area (Å²) in [6.07, 6.45) is 0. The minimum Gasteiger partial charge on any atom is -0.555 e. The van der Waals surface area contributed by atoms with Gasteiger partial charge in [0.25, 0.3) is 0 Å². The molecule has 0 unspecified atom stereocenters. The topological polar surface area (TPSA) is 9.23 Å². The number of hydrogen-bond acceptors (Lipinski definition) is 1. The maximum absolute atomic E-state index is 4.42. The molecular weight excluding hydrogens is 509 g/mol. The van der Waals surface area contributed by atoms with Crippen LogP contribution in [0.4, 0.5) is 0 Å². The zero-order valence-corrected chi connectivity index (χ0v) is 20.1. The van der Waals surface area contributed by atoms with Gasteiger partial charge < -0.3 is 4.74 Å². The van der Waals surface area contributed by atoms with Crippen molar-refractivity contribution in [2.24, 2.45) is 0 Å². The number of ether oxygens (including phenoxy) is 1. The first kappa shape index (κ1) is 45.1. The molecule has 6 heteroatoms. The van der Waals surface area contributed by atoms with Gasteiger partial charge in [-0.2, -0.15) is 6.92 Å². The molecular formula is C4H11OY5-. The Balaban J connectivity index is -0.00000000300. The Hall–Kier alpha value is 5.48. The maximum Gasteiger partial charge on any atom is 0 e. The minimum atomic E-state index is 0. The van der Waals surface area contributed by atoms with E-state index in [4.69, 9.17) is 0 Å². The van der Waals surface area contributed by atoms with E-state index in [0.29, 0.717) is 0 Å². The van der Waals surface area contributed by atoms with E-state index in [1.54, 1.807) is 13.7 Å². The van der Waals surface area contributed by atoms with Crippen LogP contribution in [-0.2, 0) is 168 Å². The summed E-state index contributed by atoms with van der Waals surface area (Å²) >= 11 is 0. The average molecular weight is 520 g/mol. The number of rotatable bonds is 1. The van der Waals surface area contributed by atoms with Crippen molar-refractivity contribution in [2.45, 2.75) is 14.4 Å². The molecule has 0 amide bonds. The van der Waals surface area contributed by atoms with Gasteiger partial charge in [0.2, 0.25) is 0 Å². The first-order valence-electron chi connectivity index (χ1n) is 1.22. The van der Waals surface area contributed by atoms with Crippen LogP contribution in [-0.4, -0.2) is 7.11 Å². The normalized spacial score (nSPS) is 3.00. The van der Waals surface area contributed by atoms with Crippen molar-refractivity contribution >= 4 is 0 Å². The van der Waals surface area contributed by atoms with E-state index in [0.717, 1.165) is 0 Å². The molecule has 0 heterocycles. The summed E-state index contributed by atoms with van der Waals surface area (Å²) in [5.41, 5.74) is 0. The van der Waals surface area contributed by atoms with E-state index in [1.807, 2.05) is 6.92 Å². The molecule has 10 heavy (non-hydrogen) atoms. The van der Waals surface area contributed by atoms with Gasteiger partial charge in [-0.15, -0.1) is 0 Å². The summed E-state index contributed by atoms with van der Waals surface area (Å²) in [7, 11) is 1.62. The van der Waals surface area contributed by atoms with Gasteiger partial charge in [-0.25, -0.2) is 6.61 Å². The van der Waals surface area contributed by atoms with Crippen LogP contribution in [0.2, 0.25) is 0 Å². The van der Waals surface area contributed by atoms with Crippen LogP contribution < -0.4 is 0 Å². The third kappa shape index (κ3) is 50.0. The standard InChI is InChI=1S/C3H7O.CH4.5Y/c1-3-4-2;;;;;;/h3H,1-2H3;1H4;;;;;/q-1;;;;;;. The molecule has 0 N–H and O–H groups in total. The van der Waals surface area contributed by atoms with Crippen molar-refractivity contribution in [1.29, 1.82) is 0 Å². The Morgan fingerprint density at radius 1 is 0.900 bits per heavy atom. The SMILES string of the molecule is C.C[CH-]OC.[Y].[Y].[Y].[Y].[Y]. The van der Waals surface area contributed by atoms with Crippen LogP contribution in [0.25, 0.3) is 0 Å². The third-order valence-corrected chi connectivity index (χ3v) is 0.236. The average Bonchev–Trinajstić information content (AvgIpc) is 1.37. The van der Waals surface area contributed by atoms with E-state index in [1.165, 1.54) is 0 Å². The predicted octanol–water partition coefficient (Wildman–Crippen LogP) is 1.44. The maximum atomic E-state index is 4.42. The van der Waals surface area contributed by atoms with E-state index in [2.05, 4.69) is 4.74 Å². The van der Waals surface area contributed by atoms with E-state index < -0.39 is 0 Å². The first-order chi connectivity index (χ1) is 1.91. The van der Waals surface area contributed by atoms with Crippen molar-refractivity contribution in [3.8, 4) is 0 Å². The molecule has 0 aromatic carbocycles. The van der Waals surface area contributed by atoms with Crippen molar-refractivity contribution in [3.63, 3.8) is 0 Å². The zero-order valence-electron chi connectivity index (χ0n) is 5.87. The Morgan fingerprint density at radius 2 is 1.00 bits per heavy atom. The summed E-state index contributed by atoms with van der Waals surface area (Å²) in [4.78, 5) is 0. The van der Waals surface area contributed by atoms with Gasteiger partial charge in [-0.3, -0.25) is 0 Å². The fourth-order valence-electron chi connectivity index (χ4n) is 0. The zero-order chi connectivity index (χ0) is 3.41. The van der Waals surface area contributed by atoms with Gasteiger partial charge in [-0.1, -0.05) is 7.43 Å². The van der Waals surface area contributed by atoms with Crippen LogP contribution in [0, 0.1) is 6.61 Å². The molecule has 0 saturated heterocycles. The summed E-state index contributed by atoms with van der Waals surface area (Å²) < 4.78 is 4.42. The predicted molar refractivity (Wildman–Crippen MR) is 23.7 cm³/mol. The molecule has 5 radical (unpaired) electrons. The summed E-state index contributed by atoms with van der Waals surface area (Å²) in [5.74, 6) is 0. The van der Waals surface area contributed by atoms with Gasteiger partial charge in [0.15, 0.2) is 0 Å². The summed E-state index contributed by atoms with van der Waals surface area (Å²) in [6, 6.07) is 0. The Kier molecular flexibility index (Phi) is 212. The Labute approximate surface area is 191 Å². The molecule has 49 valence electrons. The summed E-state index contributed by atoms with van der Waals surface area (Å²) in [6.45, 7) is 3.46. The molecule has 0 aromatic rings. The smallest absolute Gasteiger partial charge is 0 e. The van der Waals surface area contributed by atoms with E-state index in [9.17, 15) is 0 Å². The fourth-order valence-corrected chi connectivity index (χ4v) is 0. The van der Waals surface area contributed by atoms with Gasteiger partial charge in [0.05, 0.1) is 0 Å². The molecule has 0 rings (SSSR count). The third-order valence-electron chi connectivity index (χ3n) is 0.236. The van der Waals surface area contributed by atoms with Crippen LogP contribution in [0.3, 0.4) is 0 Å². The minimum absolute atomic E-state index is 0. The molecule has 0 bridgehead atoms. The summed E-state index contributed by atoms with van der Waals surface area (Å²) in [5, 5.41) is 0. The second-order valence-electron chi connectivity index (χ2n) is 0.471. The van der Waals surface area contributed by atoms with Crippen molar-refractivity contribution in [2.75, 3.05) is 7.11 Å². The number of methoxy groups -OCH3 is 1. The van der Waals surface area contributed by atoms with E-state index in [-0.39, 0.29) is 171 Å². The molecule has 0 spiro atoms. The second kappa shape index (κ2) is 47.0. The van der Waals surface area contributed by atoms with Crippen LogP contribution in [0.15, 0.2) is 0 Å². The van der Waals surface area contributed by atoms with Crippen LogP contribution in [0.1, 0.15) is 14.4 Å². The Bertz CT molecular complexity index is 15.6. The van der Waals surface area contributed by atoms with Gasteiger partial charge in [0, 0.05) is 164 Å². The van der Waals surface area contributed by atoms with Gasteiger partial charge in [0.1, 0.15) is 0 Å². The molecule has 0 aliphatic heterocycles. The quantitative estimate of drug-likeness (QED) is 0.477. The number of hydrogen-bond donors (Lipinski definition) is 0. The van der Waals surface area contributed by atoms with Crippen molar-refractivity contribution in [1.82, 2.24) is 0 Å². The molecule has 0 saturated carbocycles. The molecule has 0 aliphatic rings. The molecule has 0 fully saturated rings. The molecule has 0 aliphatic carbocycles. The van der Waals surface area contributed by atoms with Crippen molar-refractivity contribution in [3.05, 3.63) is 6.61 Å². The van der Waals surface area contributed by atoms with E-state index >= 15 is 0 Å². The van der Waals surface area contributed by atoms with Crippen molar-refractivity contribution < 1.29 is 168 Å². The second-order valence-corrected chi connectivity index (χ2v) is 0.471. The monoisotopic (exact) mass is 520 g/mol. The van der Waals surface area contributed by atoms with Crippen LogP contribution >= 0.6 is 0 Å². The first-order valence-corrected chi connectivity index (χ1v) is 1.22. The molecule has 1 nitrogen and oxygen atoms in total. The molecule has 0 atom stereocenters. The molecule has 0 aromatic heterocycles. The van der Waals surface area contributed by atoms with Gasteiger partial charge in [-0.05, 0) is 7.11 Å². The fraction of sp³-hybridized carbons (Fsp3) is 0.750.